The van der Waals surface area contributed by atoms with Gasteiger partial charge in [0.1, 0.15) is 0 Å². The van der Waals surface area contributed by atoms with Gasteiger partial charge in [-0.05, 0) is 114 Å². The minimum absolute atomic E-state index is 0.543. The van der Waals surface area contributed by atoms with E-state index in [1.165, 1.54) is 21.5 Å². The standard InChI is InChI=1S/C102H63N11/c1-4-29-64(30-5-1)97-103-98(65-31-6-2-7-32-65)107-102(106-97)71-61-94(111-88-50-23-14-41-78(88)79-42-15-24-51-89(79)111)96(95(62-71)112-90-52-25-16-43-80(90)81-44-17-26-53-91(81)112)113-92-54-27-18-45-82(92)83-60-68(55-56-93(83)113)67-35-28-36-69(57-67)100-104-99(66-33-8-3-9-34-66)105-101(108-100)70-58-72(109-84-46-19-10-37-74(84)75-38-11-20-47-85(75)109)63-73(59-70)110-86-48-21-12-39-76(86)77-40-13-22-49-87(77)110/h1-63H. The molecule has 23 rings (SSSR count). The minimum atomic E-state index is 0.543. The lowest BCUT2D eigenvalue weighted by Gasteiger charge is -2.23. The number of fused-ring (bicyclic) bond motifs is 15. The number of hydrogen-bond donors (Lipinski definition) is 0. The highest BCUT2D eigenvalue weighted by molar-refractivity contribution is 6.16. The average Bonchev–Trinajstić information content (AvgIpc) is 1.55. The molecule has 0 N–H and O–H groups in total. The number of rotatable bonds is 12. The molecule has 16 aromatic carbocycles. The third kappa shape index (κ3) is 10.2. The first kappa shape index (κ1) is 63.6. The summed E-state index contributed by atoms with van der Waals surface area (Å²) in [5.74, 6) is 3.38. The molecular formula is C102H63N11. The number of para-hydroxylation sites is 9. The van der Waals surface area contributed by atoms with Crippen LogP contribution in [0.4, 0.5) is 0 Å². The summed E-state index contributed by atoms with van der Waals surface area (Å²) in [4.78, 5) is 32.7. The van der Waals surface area contributed by atoms with Crippen molar-refractivity contribution in [1.29, 1.82) is 0 Å². The van der Waals surface area contributed by atoms with Gasteiger partial charge < -0.3 is 22.8 Å². The molecule has 0 aliphatic heterocycles. The predicted molar refractivity (Wildman–Crippen MR) is 463 cm³/mol. The first-order valence-corrected chi connectivity index (χ1v) is 38.2. The van der Waals surface area contributed by atoms with Crippen molar-refractivity contribution >= 4 is 109 Å². The lowest BCUT2D eigenvalue weighted by atomic mass is 10.0. The molecule has 0 amide bonds. The largest absolute Gasteiger partial charge is 0.309 e. The first-order valence-electron chi connectivity index (χ1n) is 38.2. The fourth-order valence-corrected chi connectivity index (χ4v) is 17.6. The summed E-state index contributed by atoms with van der Waals surface area (Å²) >= 11 is 0. The Labute approximate surface area is 647 Å². The molecule has 0 atom stereocenters. The average molecular weight is 1440 g/mol. The van der Waals surface area contributed by atoms with Gasteiger partial charge in [-0.2, -0.15) is 0 Å². The number of nitrogens with zero attached hydrogens (tertiary/aromatic N) is 11. The molecule has 0 aliphatic carbocycles. The van der Waals surface area contributed by atoms with Crippen LogP contribution in [0.25, 0.3) is 217 Å². The molecule has 11 heteroatoms. The molecule has 0 unspecified atom stereocenters. The second-order valence-electron chi connectivity index (χ2n) is 29.0. The Morgan fingerprint density at radius 1 is 0.142 bits per heavy atom. The Kier molecular flexibility index (Phi) is 14.4. The highest BCUT2D eigenvalue weighted by atomic mass is 15.1. The van der Waals surface area contributed by atoms with Crippen molar-refractivity contribution < 1.29 is 0 Å². The van der Waals surface area contributed by atoms with Gasteiger partial charge in [-0.3, -0.25) is 0 Å². The summed E-state index contributed by atoms with van der Waals surface area (Å²) in [5, 5.41) is 11.5. The van der Waals surface area contributed by atoms with Crippen molar-refractivity contribution in [2.24, 2.45) is 0 Å². The van der Waals surface area contributed by atoms with Crippen molar-refractivity contribution in [3.63, 3.8) is 0 Å². The van der Waals surface area contributed by atoms with Crippen LogP contribution in [0.5, 0.6) is 0 Å². The third-order valence-electron chi connectivity index (χ3n) is 22.5. The van der Waals surface area contributed by atoms with Gasteiger partial charge in [0.2, 0.25) is 0 Å². The molecule has 7 heterocycles. The van der Waals surface area contributed by atoms with Crippen LogP contribution in [0.15, 0.2) is 382 Å². The third-order valence-corrected chi connectivity index (χ3v) is 22.5. The highest BCUT2D eigenvalue weighted by Gasteiger charge is 2.29. The van der Waals surface area contributed by atoms with E-state index in [2.05, 4.69) is 350 Å². The van der Waals surface area contributed by atoms with E-state index in [-0.39, 0.29) is 0 Å². The Morgan fingerprint density at radius 2 is 0.389 bits per heavy atom. The van der Waals surface area contributed by atoms with Crippen LogP contribution in [0.2, 0.25) is 0 Å². The van der Waals surface area contributed by atoms with Crippen molar-refractivity contribution in [3.8, 4) is 108 Å². The predicted octanol–water partition coefficient (Wildman–Crippen LogP) is 25.2. The van der Waals surface area contributed by atoms with Gasteiger partial charge in [0.15, 0.2) is 34.9 Å². The zero-order valence-electron chi connectivity index (χ0n) is 60.8. The maximum absolute atomic E-state index is 5.59. The maximum Gasteiger partial charge on any atom is 0.164 e. The summed E-state index contributed by atoms with van der Waals surface area (Å²) in [5.41, 5.74) is 22.8. The molecule has 0 aliphatic rings. The second-order valence-corrected chi connectivity index (χ2v) is 29.0. The molecule has 23 aromatic rings. The van der Waals surface area contributed by atoms with Gasteiger partial charge in [0.05, 0.1) is 72.2 Å². The van der Waals surface area contributed by atoms with Crippen LogP contribution in [-0.4, -0.2) is 52.7 Å². The van der Waals surface area contributed by atoms with Crippen LogP contribution in [0.1, 0.15) is 0 Å². The van der Waals surface area contributed by atoms with E-state index < -0.39 is 0 Å². The molecule has 113 heavy (non-hydrogen) atoms. The van der Waals surface area contributed by atoms with Gasteiger partial charge in [-0.25, -0.2) is 29.9 Å². The summed E-state index contributed by atoms with van der Waals surface area (Å²) < 4.78 is 12.2. The smallest absolute Gasteiger partial charge is 0.164 e. The lowest BCUT2D eigenvalue weighted by molar-refractivity contribution is 1.04. The molecule has 7 aromatic heterocycles. The van der Waals surface area contributed by atoms with Crippen molar-refractivity contribution in [2.45, 2.75) is 0 Å². The van der Waals surface area contributed by atoms with Crippen LogP contribution in [0.3, 0.4) is 0 Å². The summed E-state index contributed by atoms with van der Waals surface area (Å²) in [6.45, 7) is 0. The first-order chi connectivity index (χ1) is 56.0. The van der Waals surface area contributed by atoms with E-state index in [1.807, 2.05) is 54.6 Å². The number of hydrogen-bond acceptors (Lipinski definition) is 6. The molecule has 0 radical (unpaired) electrons. The van der Waals surface area contributed by atoms with Gasteiger partial charge >= 0.3 is 0 Å². The van der Waals surface area contributed by atoms with Gasteiger partial charge in [0.25, 0.3) is 0 Å². The summed E-state index contributed by atoms with van der Waals surface area (Å²) in [6.07, 6.45) is 0. The molecule has 11 nitrogen and oxygen atoms in total. The molecule has 0 saturated heterocycles. The molecular weight excluding hydrogens is 1380 g/mol. The Morgan fingerprint density at radius 3 is 0.743 bits per heavy atom. The van der Waals surface area contributed by atoms with E-state index in [0.29, 0.717) is 34.9 Å². The zero-order chi connectivity index (χ0) is 74.2. The summed E-state index contributed by atoms with van der Waals surface area (Å²) in [6, 6.07) is 137. The van der Waals surface area contributed by atoms with Crippen molar-refractivity contribution in [2.75, 3.05) is 0 Å². The van der Waals surface area contributed by atoms with Crippen LogP contribution in [0, 0.1) is 0 Å². The Hall–Kier alpha value is -15.5. The van der Waals surface area contributed by atoms with E-state index in [1.54, 1.807) is 0 Å². The topological polar surface area (TPSA) is 102 Å². The Balaban J connectivity index is 0.747. The van der Waals surface area contributed by atoms with Crippen LogP contribution in [-0.2, 0) is 0 Å². The normalized spacial score (nSPS) is 11.9. The van der Waals surface area contributed by atoms with Crippen LogP contribution < -0.4 is 0 Å². The van der Waals surface area contributed by atoms with Crippen LogP contribution >= 0.6 is 0 Å². The highest BCUT2D eigenvalue weighted by Crippen LogP contribution is 2.47. The van der Waals surface area contributed by atoms with Gasteiger partial charge in [-0.15, -0.1) is 0 Å². The van der Waals surface area contributed by atoms with Crippen molar-refractivity contribution in [1.82, 2.24) is 52.7 Å². The monoisotopic (exact) mass is 1440 g/mol. The van der Waals surface area contributed by atoms with Gasteiger partial charge in [-0.1, -0.05) is 279 Å². The molecule has 0 fully saturated rings. The molecule has 526 valence electrons. The molecule has 0 bridgehead atoms. The SMILES string of the molecule is c1ccc(-c2nc(-c3cccc(-c4ccc5c(c4)c4ccccc4n5-c4c(-n5c6ccccc6c6ccccc65)cc(-c5nc(-c6ccccc6)nc(-c6ccccc6)n5)cc4-n4c5ccccc5c5ccccc54)c3)nc(-c3cc(-n4c5ccccc5c5ccccc54)cc(-n4c5ccccc5c5ccccc54)c3)n2)cc1. The zero-order valence-corrected chi connectivity index (χ0v) is 60.8. The van der Waals surface area contributed by atoms with E-state index >= 15 is 0 Å². The Bertz CT molecular complexity index is 7280. The van der Waals surface area contributed by atoms with Crippen molar-refractivity contribution in [3.05, 3.63) is 382 Å². The second kappa shape index (κ2) is 25.6. The van der Waals surface area contributed by atoms with E-state index in [9.17, 15) is 0 Å². The fourth-order valence-electron chi connectivity index (χ4n) is 17.6. The van der Waals surface area contributed by atoms with E-state index in [4.69, 9.17) is 29.9 Å². The fraction of sp³-hybridized carbons (Fsp3) is 0. The maximum atomic E-state index is 5.59. The number of benzene rings is 16. The van der Waals surface area contributed by atoms with Gasteiger partial charge in [0, 0.05) is 98.6 Å². The van der Waals surface area contributed by atoms with E-state index in [0.717, 1.165) is 160 Å². The number of aromatic nitrogens is 11. The lowest BCUT2D eigenvalue weighted by Crippen LogP contribution is -2.10. The summed E-state index contributed by atoms with van der Waals surface area (Å²) in [7, 11) is 0. The minimum Gasteiger partial charge on any atom is -0.309 e. The molecule has 0 saturated carbocycles. The molecule has 0 spiro atoms. The quantitative estimate of drug-likeness (QED) is 0.121.